The van der Waals surface area contributed by atoms with Crippen molar-refractivity contribution in [3.8, 4) is 17.1 Å². The summed E-state index contributed by atoms with van der Waals surface area (Å²) in [5.41, 5.74) is 8.61. The van der Waals surface area contributed by atoms with Gasteiger partial charge in [0, 0.05) is 36.7 Å². The first-order chi connectivity index (χ1) is 13.2. The molecule has 2 heterocycles. The molecule has 0 spiro atoms. The van der Waals surface area contributed by atoms with Crippen molar-refractivity contribution in [3.63, 3.8) is 0 Å². The lowest BCUT2D eigenvalue weighted by Gasteiger charge is -2.15. The van der Waals surface area contributed by atoms with Gasteiger partial charge in [0.05, 0.1) is 7.11 Å². The highest BCUT2D eigenvalue weighted by molar-refractivity contribution is 5.93. The number of carbonyl (C=O) groups is 1. The van der Waals surface area contributed by atoms with Crippen molar-refractivity contribution in [1.29, 1.82) is 0 Å². The fraction of sp³-hybridized carbons (Fsp3) is 0.238. The second-order valence-corrected chi connectivity index (χ2v) is 6.70. The van der Waals surface area contributed by atoms with Gasteiger partial charge in [-0.3, -0.25) is 4.79 Å². The van der Waals surface area contributed by atoms with Gasteiger partial charge in [0.1, 0.15) is 5.75 Å². The van der Waals surface area contributed by atoms with E-state index in [1.165, 1.54) is 0 Å². The number of ether oxygens (including phenoxy) is 1. The Morgan fingerprint density at radius 3 is 2.59 bits per heavy atom. The molecule has 0 saturated carbocycles. The van der Waals surface area contributed by atoms with E-state index in [1.807, 2.05) is 54.6 Å². The van der Waals surface area contributed by atoms with Gasteiger partial charge in [-0.1, -0.05) is 47.6 Å². The Balaban J connectivity index is 1.49. The van der Waals surface area contributed by atoms with Gasteiger partial charge in [0.25, 0.3) is 5.91 Å². The topological polar surface area (TPSA) is 81.6 Å². The molecule has 4 rings (SSSR count). The zero-order valence-electron chi connectivity index (χ0n) is 15.0. The van der Waals surface area contributed by atoms with Gasteiger partial charge in [-0.15, -0.1) is 0 Å². The van der Waals surface area contributed by atoms with Gasteiger partial charge < -0.3 is 19.9 Å². The average molecular weight is 363 g/mol. The number of rotatable bonds is 4. The molecule has 2 N–H and O–H groups in total. The van der Waals surface area contributed by atoms with Gasteiger partial charge in [0.2, 0.25) is 0 Å². The normalized spacial score (nSPS) is 19.3. The molecule has 27 heavy (non-hydrogen) atoms. The van der Waals surface area contributed by atoms with E-state index in [-0.39, 0.29) is 17.9 Å². The molecule has 6 heteroatoms. The molecule has 0 bridgehead atoms. The first kappa shape index (κ1) is 17.3. The Labute approximate surface area is 157 Å². The maximum atomic E-state index is 12.8. The molecule has 1 aliphatic rings. The van der Waals surface area contributed by atoms with Crippen LogP contribution in [-0.2, 0) is 0 Å². The molecule has 1 fully saturated rings. The molecule has 1 aromatic heterocycles. The molecule has 1 amide bonds. The number of hydrogen-bond acceptors (Lipinski definition) is 5. The minimum atomic E-state index is -0.160. The second kappa shape index (κ2) is 7.25. The number of aromatic nitrogens is 1. The predicted molar refractivity (Wildman–Crippen MR) is 102 cm³/mol. The van der Waals surface area contributed by atoms with Crippen molar-refractivity contribution in [2.45, 2.75) is 12.0 Å². The maximum absolute atomic E-state index is 12.8. The number of amides is 1. The molecule has 1 aliphatic heterocycles. The zero-order valence-corrected chi connectivity index (χ0v) is 15.0. The lowest BCUT2D eigenvalue weighted by Crippen LogP contribution is -2.32. The highest BCUT2D eigenvalue weighted by atomic mass is 16.5. The van der Waals surface area contributed by atoms with Crippen molar-refractivity contribution in [2.24, 2.45) is 5.73 Å². The van der Waals surface area contributed by atoms with Crippen molar-refractivity contribution < 1.29 is 14.1 Å². The Bertz CT molecular complexity index is 921. The van der Waals surface area contributed by atoms with E-state index < -0.39 is 0 Å². The standard InChI is InChI=1S/C21H21N3O3/c1-26-16-9-7-14(8-10-16)17-12-24(13-18(17)22)21(25)19-11-20(27-23-19)15-5-3-2-4-6-15/h2-11,17-18H,12-13,22H2,1H3/t17-,18+/m1/s1. The van der Waals surface area contributed by atoms with E-state index in [2.05, 4.69) is 5.16 Å². The van der Waals surface area contributed by atoms with Crippen molar-refractivity contribution in [1.82, 2.24) is 10.1 Å². The highest BCUT2D eigenvalue weighted by Gasteiger charge is 2.35. The summed E-state index contributed by atoms with van der Waals surface area (Å²) in [4.78, 5) is 14.6. The van der Waals surface area contributed by atoms with E-state index >= 15 is 0 Å². The van der Waals surface area contributed by atoms with Crippen LogP contribution in [0.25, 0.3) is 11.3 Å². The largest absolute Gasteiger partial charge is 0.497 e. The summed E-state index contributed by atoms with van der Waals surface area (Å²) in [5, 5.41) is 3.96. The van der Waals surface area contributed by atoms with Gasteiger partial charge >= 0.3 is 0 Å². The minimum absolute atomic E-state index is 0.0837. The summed E-state index contributed by atoms with van der Waals surface area (Å²) < 4.78 is 10.6. The van der Waals surface area contributed by atoms with Crippen LogP contribution in [0.2, 0.25) is 0 Å². The summed E-state index contributed by atoms with van der Waals surface area (Å²) in [6, 6.07) is 19.0. The molecule has 2 aromatic carbocycles. The fourth-order valence-corrected chi connectivity index (χ4v) is 3.48. The number of nitrogens with zero attached hydrogens (tertiary/aromatic N) is 2. The number of likely N-dealkylation sites (tertiary alicyclic amines) is 1. The van der Waals surface area contributed by atoms with Crippen LogP contribution in [0.4, 0.5) is 0 Å². The molecule has 138 valence electrons. The van der Waals surface area contributed by atoms with Crippen molar-refractivity contribution >= 4 is 5.91 Å². The van der Waals surface area contributed by atoms with Crippen LogP contribution < -0.4 is 10.5 Å². The number of carbonyl (C=O) groups excluding carboxylic acids is 1. The minimum Gasteiger partial charge on any atom is -0.497 e. The number of nitrogens with two attached hydrogens (primary N) is 1. The van der Waals surface area contributed by atoms with E-state index in [0.29, 0.717) is 24.5 Å². The monoisotopic (exact) mass is 363 g/mol. The van der Waals surface area contributed by atoms with Gasteiger partial charge in [0.15, 0.2) is 11.5 Å². The molecule has 1 saturated heterocycles. The zero-order chi connectivity index (χ0) is 18.8. The Morgan fingerprint density at radius 2 is 1.89 bits per heavy atom. The Kier molecular flexibility index (Phi) is 4.64. The average Bonchev–Trinajstić information content (AvgIpc) is 3.35. The van der Waals surface area contributed by atoms with Crippen LogP contribution in [0.3, 0.4) is 0 Å². The van der Waals surface area contributed by atoms with Crippen LogP contribution >= 0.6 is 0 Å². The lowest BCUT2D eigenvalue weighted by atomic mass is 9.95. The van der Waals surface area contributed by atoms with Crippen molar-refractivity contribution in [3.05, 3.63) is 71.9 Å². The third kappa shape index (κ3) is 3.44. The third-order valence-corrected chi connectivity index (χ3v) is 4.98. The van der Waals surface area contributed by atoms with Crippen molar-refractivity contribution in [2.75, 3.05) is 20.2 Å². The van der Waals surface area contributed by atoms with Crippen LogP contribution in [0.15, 0.2) is 65.2 Å². The summed E-state index contributed by atoms with van der Waals surface area (Å²) >= 11 is 0. The molecule has 0 aliphatic carbocycles. The lowest BCUT2D eigenvalue weighted by molar-refractivity contribution is 0.0779. The van der Waals surface area contributed by atoms with Crippen LogP contribution in [-0.4, -0.2) is 42.2 Å². The summed E-state index contributed by atoms with van der Waals surface area (Å²) in [5.74, 6) is 1.30. The van der Waals surface area contributed by atoms with Gasteiger partial charge in [-0.05, 0) is 17.7 Å². The van der Waals surface area contributed by atoms with Crippen LogP contribution in [0.5, 0.6) is 5.75 Å². The Morgan fingerprint density at radius 1 is 1.15 bits per heavy atom. The Hall–Kier alpha value is -3.12. The molecule has 3 aromatic rings. The molecular formula is C21H21N3O3. The highest BCUT2D eigenvalue weighted by Crippen LogP contribution is 2.29. The molecular weight excluding hydrogens is 342 g/mol. The number of hydrogen-bond donors (Lipinski definition) is 1. The third-order valence-electron chi connectivity index (χ3n) is 4.98. The smallest absolute Gasteiger partial charge is 0.276 e. The van der Waals surface area contributed by atoms with Crippen LogP contribution in [0, 0.1) is 0 Å². The molecule has 0 unspecified atom stereocenters. The SMILES string of the molecule is COc1ccc([C@H]2CN(C(=O)c3cc(-c4ccccc4)on3)C[C@@H]2N)cc1. The summed E-state index contributed by atoms with van der Waals surface area (Å²) in [6.07, 6.45) is 0. The maximum Gasteiger partial charge on any atom is 0.276 e. The van der Waals surface area contributed by atoms with E-state index in [1.54, 1.807) is 18.1 Å². The number of benzene rings is 2. The molecule has 2 atom stereocenters. The van der Waals surface area contributed by atoms with E-state index in [9.17, 15) is 4.79 Å². The first-order valence-corrected chi connectivity index (χ1v) is 8.86. The predicted octanol–water partition coefficient (Wildman–Crippen LogP) is 2.92. The molecule has 0 radical (unpaired) electrons. The molecule has 6 nitrogen and oxygen atoms in total. The fourth-order valence-electron chi connectivity index (χ4n) is 3.48. The van der Waals surface area contributed by atoms with Gasteiger partial charge in [-0.25, -0.2) is 0 Å². The van der Waals surface area contributed by atoms with Crippen LogP contribution in [0.1, 0.15) is 22.0 Å². The first-order valence-electron chi connectivity index (χ1n) is 8.86. The quantitative estimate of drug-likeness (QED) is 0.771. The van der Waals surface area contributed by atoms with E-state index in [0.717, 1.165) is 16.9 Å². The van der Waals surface area contributed by atoms with E-state index in [4.69, 9.17) is 15.0 Å². The van der Waals surface area contributed by atoms with Gasteiger partial charge in [-0.2, -0.15) is 0 Å². The summed E-state index contributed by atoms with van der Waals surface area (Å²) in [7, 11) is 1.64. The second-order valence-electron chi connectivity index (χ2n) is 6.70. The summed E-state index contributed by atoms with van der Waals surface area (Å²) in [6.45, 7) is 1.04. The number of methoxy groups -OCH3 is 1.